The van der Waals surface area contributed by atoms with E-state index in [2.05, 4.69) is 6.08 Å². The van der Waals surface area contributed by atoms with E-state index in [1.807, 2.05) is 27.7 Å². The molecule has 0 aromatic heterocycles. The van der Waals surface area contributed by atoms with Gasteiger partial charge in [0.05, 0.1) is 0 Å². The lowest BCUT2D eigenvalue weighted by Gasteiger charge is -2.04. The molecular weight excluding hydrogens is 228 g/mol. The summed E-state index contributed by atoms with van der Waals surface area (Å²) in [6, 6.07) is 0. The van der Waals surface area contributed by atoms with E-state index in [4.69, 9.17) is 5.11 Å². The molecule has 0 radical (unpaired) electrons. The molecule has 3 nitrogen and oxygen atoms in total. The SMILES string of the molecule is C/C(=C\C(=O)O)CC/C=C(\C)CCC(=O)C(C)C. The van der Waals surface area contributed by atoms with Gasteiger partial charge in [0.25, 0.3) is 0 Å². The number of hydrogen-bond acceptors (Lipinski definition) is 2. The number of allylic oxidation sites excluding steroid dienone is 3. The maximum atomic E-state index is 11.4. The van der Waals surface area contributed by atoms with Crippen molar-refractivity contribution in [1.82, 2.24) is 0 Å². The number of rotatable bonds is 8. The topological polar surface area (TPSA) is 54.4 Å². The second-order valence-electron chi connectivity index (χ2n) is 5.04. The molecule has 102 valence electrons. The van der Waals surface area contributed by atoms with Gasteiger partial charge in [-0.3, -0.25) is 4.79 Å². The van der Waals surface area contributed by atoms with E-state index < -0.39 is 5.97 Å². The van der Waals surface area contributed by atoms with Gasteiger partial charge in [-0.15, -0.1) is 0 Å². The largest absolute Gasteiger partial charge is 0.478 e. The molecule has 0 bridgehead atoms. The number of carboxylic acid groups (broad SMARTS) is 1. The van der Waals surface area contributed by atoms with Gasteiger partial charge in [-0.2, -0.15) is 0 Å². The van der Waals surface area contributed by atoms with E-state index >= 15 is 0 Å². The molecule has 3 heteroatoms. The Morgan fingerprint density at radius 1 is 1.06 bits per heavy atom. The summed E-state index contributed by atoms with van der Waals surface area (Å²) in [6.07, 6.45) is 6.32. The van der Waals surface area contributed by atoms with Gasteiger partial charge in [0.15, 0.2) is 0 Å². The molecule has 0 saturated heterocycles. The second-order valence-corrected chi connectivity index (χ2v) is 5.04. The summed E-state index contributed by atoms with van der Waals surface area (Å²) in [4.78, 5) is 21.9. The normalized spacial score (nSPS) is 12.9. The van der Waals surface area contributed by atoms with Crippen molar-refractivity contribution in [1.29, 1.82) is 0 Å². The van der Waals surface area contributed by atoms with Crippen molar-refractivity contribution < 1.29 is 14.7 Å². The molecule has 0 saturated carbocycles. The van der Waals surface area contributed by atoms with Crippen molar-refractivity contribution >= 4 is 11.8 Å². The average molecular weight is 252 g/mol. The lowest BCUT2D eigenvalue weighted by molar-refractivity contribution is -0.131. The van der Waals surface area contributed by atoms with Gasteiger partial charge in [0.2, 0.25) is 0 Å². The van der Waals surface area contributed by atoms with Crippen molar-refractivity contribution in [2.75, 3.05) is 0 Å². The minimum Gasteiger partial charge on any atom is -0.478 e. The zero-order chi connectivity index (χ0) is 14.1. The van der Waals surface area contributed by atoms with Gasteiger partial charge in [0, 0.05) is 18.4 Å². The van der Waals surface area contributed by atoms with Crippen LogP contribution in [0.25, 0.3) is 0 Å². The Kier molecular flexibility index (Phi) is 8.01. The van der Waals surface area contributed by atoms with Crippen molar-refractivity contribution in [3.63, 3.8) is 0 Å². The van der Waals surface area contributed by atoms with E-state index in [1.165, 1.54) is 11.6 Å². The smallest absolute Gasteiger partial charge is 0.328 e. The lowest BCUT2D eigenvalue weighted by Crippen LogP contribution is -2.06. The fourth-order valence-corrected chi connectivity index (χ4v) is 1.54. The van der Waals surface area contributed by atoms with Crippen molar-refractivity contribution in [3.8, 4) is 0 Å². The summed E-state index contributed by atoms with van der Waals surface area (Å²) in [5.74, 6) is -0.487. The van der Waals surface area contributed by atoms with Crippen molar-refractivity contribution in [2.24, 2.45) is 5.92 Å². The van der Waals surface area contributed by atoms with Gasteiger partial charge < -0.3 is 5.11 Å². The van der Waals surface area contributed by atoms with Crippen LogP contribution in [-0.4, -0.2) is 16.9 Å². The molecule has 0 atom stereocenters. The third-order valence-corrected chi connectivity index (χ3v) is 2.81. The number of Topliss-reactive ketones (excluding diaryl/α,β-unsaturated/α-hetero) is 1. The quantitative estimate of drug-likeness (QED) is 0.528. The molecule has 0 unspecified atom stereocenters. The van der Waals surface area contributed by atoms with Crippen LogP contribution in [0.2, 0.25) is 0 Å². The van der Waals surface area contributed by atoms with Crippen molar-refractivity contribution in [3.05, 3.63) is 23.3 Å². The predicted octanol–water partition coefficient (Wildman–Crippen LogP) is 3.75. The maximum absolute atomic E-state index is 11.4. The third-order valence-electron chi connectivity index (χ3n) is 2.81. The summed E-state index contributed by atoms with van der Waals surface area (Å²) in [7, 11) is 0. The average Bonchev–Trinajstić information content (AvgIpc) is 2.24. The van der Waals surface area contributed by atoms with E-state index in [9.17, 15) is 9.59 Å². The maximum Gasteiger partial charge on any atom is 0.328 e. The second kappa shape index (κ2) is 8.67. The fraction of sp³-hybridized carbons (Fsp3) is 0.600. The van der Waals surface area contributed by atoms with E-state index in [-0.39, 0.29) is 5.92 Å². The number of carbonyl (C=O) groups excluding carboxylic acids is 1. The van der Waals surface area contributed by atoms with E-state index in [1.54, 1.807) is 0 Å². The molecule has 0 aliphatic carbocycles. The number of carboxylic acids is 1. The summed E-state index contributed by atoms with van der Waals surface area (Å²) in [6.45, 7) is 7.67. The standard InChI is InChI=1S/C15H24O3/c1-11(2)14(16)9-8-12(3)6-5-7-13(4)10-15(17)18/h6,10-11H,5,7-9H2,1-4H3,(H,17,18)/b12-6+,13-10+. The molecule has 0 rings (SSSR count). The van der Waals surface area contributed by atoms with Crippen LogP contribution in [0, 0.1) is 5.92 Å². The Morgan fingerprint density at radius 2 is 1.67 bits per heavy atom. The van der Waals surface area contributed by atoms with E-state index in [0.29, 0.717) is 12.2 Å². The lowest BCUT2D eigenvalue weighted by atomic mass is 10.0. The van der Waals surface area contributed by atoms with E-state index in [0.717, 1.165) is 24.8 Å². The van der Waals surface area contributed by atoms with Crippen LogP contribution < -0.4 is 0 Å². The Labute approximate surface area is 110 Å². The van der Waals surface area contributed by atoms with Crippen LogP contribution in [0.1, 0.15) is 53.4 Å². The monoisotopic (exact) mass is 252 g/mol. The Balaban J connectivity index is 3.99. The minimum absolute atomic E-state index is 0.110. The molecule has 0 fully saturated rings. The van der Waals surface area contributed by atoms with Crippen LogP contribution >= 0.6 is 0 Å². The van der Waals surface area contributed by atoms with Gasteiger partial charge in [-0.25, -0.2) is 4.79 Å². The molecule has 0 aromatic carbocycles. The van der Waals surface area contributed by atoms with Crippen molar-refractivity contribution in [2.45, 2.75) is 53.4 Å². The van der Waals surface area contributed by atoms with Crippen LogP contribution in [0.3, 0.4) is 0 Å². The third kappa shape index (κ3) is 8.74. The molecule has 1 N–H and O–H groups in total. The molecule has 18 heavy (non-hydrogen) atoms. The van der Waals surface area contributed by atoms with Crippen LogP contribution in [0.4, 0.5) is 0 Å². The van der Waals surface area contributed by atoms with Gasteiger partial charge in [-0.1, -0.05) is 31.1 Å². The fourth-order valence-electron chi connectivity index (χ4n) is 1.54. The summed E-state index contributed by atoms with van der Waals surface area (Å²) >= 11 is 0. The summed E-state index contributed by atoms with van der Waals surface area (Å²) in [5.41, 5.74) is 2.07. The highest BCUT2D eigenvalue weighted by atomic mass is 16.4. The number of aliphatic carboxylic acids is 1. The molecule has 0 spiro atoms. The Bertz CT molecular complexity index is 349. The van der Waals surface area contributed by atoms with Crippen LogP contribution in [-0.2, 0) is 9.59 Å². The molecule has 0 aromatic rings. The first-order valence-corrected chi connectivity index (χ1v) is 6.41. The molecule has 0 amide bonds. The Hall–Kier alpha value is -1.38. The number of ketones is 1. The minimum atomic E-state index is -0.893. The highest BCUT2D eigenvalue weighted by Crippen LogP contribution is 2.12. The highest BCUT2D eigenvalue weighted by molar-refractivity contribution is 5.80. The molecule has 0 heterocycles. The number of hydrogen-bond donors (Lipinski definition) is 1. The zero-order valence-corrected chi connectivity index (χ0v) is 11.8. The Morgan fingerprint density at radius 3 is 2.17 bits per heavy atom. The highest BCUT2D eigenvalue weighted by Gasteiger charge is 2.06. The van der Waals surface area contributed by atoms with Gasteiger partial charge >= 0.3 is 5.97 Å². The molecule has 0 aliphatic heterocycles. The first kappa shape index (κ1) is 16.6. The first-order valence-electron chi connectivity index (χ1n) is 6.41. The van der Waals surface area contributed by atoms with Crippen LogP contribution in [0.5, 0.6) is 0 Å². The first-order chi connectivity index (χ1) is 8.32. The zero-order valence-electron chi connectivity index (χ0n) is 11.8. The summed E-state index contributed by atoms with van der Waals surface area (Å²) < 4.78 is 0. The van der Waals surface area contributed by atoms with Crippen LogP contribution in [0.15, 0.2) is 23.3 Å². The van der Waals surface area contributed by atoms with Gasteiger partial charge in [-0.05, 0) is 33.1 Å². The molecule has 0 aliphatic rings. The molecular formula is C15H24O3. The summed E-state index contributed by atoms with van der Waals surface area (Å²) in [5, 5.41) is 8.56. The number of carbonyl (C=O) groups is 2. The predicted molar refractivity (Wildman–Crippen MR) is 73.5 cm³/mol. The van der Waals surface area contributed by atoms with Gasteiger partial charge in [0.1, 0.15) is 5.78 Å².